The van der Waals surface area contributed by atoms with Crippen LogP contribution >= 0.6 is 0 Å². The fraction of sp³-hybridized carbons (Fsp3) is 0.286. The highest BCUT2D eigenvalue weighted by atomic mass is 19.4. The van der Waals surface area contributed by atoms with Gasteiger partial charge in [-0.05, 0) is 18.6 Å². The van der Waals surface area contributed by atoms with Gasteiger partial charge in [0, 0.05) is 18.7 Å². The second-order valence-electron chi connectivity index (χ2n) is 4.84. The molecule has 0 aliphatic carbocycles. The number of nitrogens with zero attached hydrogens (tertiary/aromatic N) is 3. The molecular weight excluding hydrogens is 281 g/mol. The zero-order valence-corrected chi connectivity index (χ0v) is 11.1. The monoisotopic (exact) mass is 294 g/mol. The summed E-state index contributed by atoms with van der Waals surface area (Å²) in [5, 5.41) is 0. The van der Waals surface area contributed by atoms with Crippen molar-refractivity contribution in [3.05, 3.63) is 35.9 Å². The number of halogens is 3. The molecule has 0 saturated heterocycles. The Kier molecular flexibility index (Phi) is 3.19. The molecule has 0 saturated carbocycles. The fourth-order valence-corrected chi connectivity index (χ4v) is 2.36. The maximum absolute atomic E-state index is 12.6. The Labute approximate surface area is 119 Å². The zero-order valence-electron chi connectivity index (χ0n) is 11.1. The first-order valence-corrected chi connectivity index (χ1v) is 6.48. The number of nitrogens with two attached hydrogens (primary N) is 1. The SMILES string of the molecule is Nc1nc2ccccc2nc1N1CC=C(C(F)(F)F)CC1. The molecule has 0 spiro atoms. The number of anilines is 2. The van der Waals surface area contributed by atoms with Crippen LogP contribution in [0.4, 0.5) is 24.8 Å². The third-order valence-electron chi connectivity index (χ3n) is 3.45. The van der Waals surface area contributed by atoms with Gasteiger partial charge in [-0.25, -0.2) is 9.97 Å². The van der Waals surface area contributed by atoms with Crippen LogP contribution in [0.15, 0.2) is 35.9 Å². The molecule has 0 radical (unpaired) electrons. The van der Waals surface area contributed by atoms with Crippen molar-refractivity contribution in [2.45, 2.75) is 12.6 Å². The van der Waals surface area contributed by atoms with Crippen LogP contribution in [-0.2, 0) is 0 Å². The van der Waals surface area contributed by atoms with Gasteiger partial charge in [-0.15, -0.1) is 0 Å². The lowest BCUT2D eigenvalue weighted by Crippen LogP contribution is -2.33. The van der Waals surface area contributed by atoms with Crippen LogP contribution in [0, 0.1) is 0 Å². The smallest absolute Gasteiger partial charge is 0.381 e. The van der Waals surface area contributed by atoms with E-state index in [-0.39, 0.29) is 25.3 Å². The summed E-state index contributed by atoms with van der Waals surface area (Å²) in [4.78, 5) is 10.4. The third-order valence-corrected chi connectivity index (χ3v) is 3.45. The Morgan fingerprint density at radius 1 is 1.10 bits per heavy atom. The first kappa shape index (κ1) is 13.7. The molecule has 0 bridgehead atoms. The molecule has 3 rings (SSSR count). The normalized spacial score (nSPS) is 16.1. The Bertz CT molecular complexity index is 709. The number of nitrogen functional groups attached to an aromatic ring is 1. The predicted molar refractivity (Wildman–Crippen MR) is 74.9 cm³/mol. The largest absolute Gasteiger partial charge is 0.412 e. The number of benzene rings is 1. The number of alkyl halides is 3. The lowest BCUT2D eigenvalue weighted by Gasteiger charge is -2.28. The summed E-state index contributed by atoms with van der Waals surface area (Å²) in [6.45, 7) is 0.356. The van der Waals surface area contributed by atoms with Crippen molar-refractivity contribution in [2.24, 2.45) is 0 Å². The van der Waals surface area contributed by atoms with Crippen molar-refractivity contribution in [2.75, 3.05) is 23.7 Å². The summed E-state index contributed by atoms with van der Waals surface area (Å²) < 4.78 is 37.9. The van der Waals surface area contributed by atoms with Crippen LogP contribution in [0.1, 0.15) is 6.42 Å². The molecule has 21 heavy (non-hydrogen) atoms. The average molecular weight is 294 g/mol. The summed E-state index contributed by atoms with van der Waals surface area (Å²) in [6, 6.07) is 7.25. The van der Waals surface area contributed by atoms with Gasteiger partial charge in [0.25, 0.3) is 0 Å². The van der Waals surface area contributed by atoms with Crippen molar-refractivity contribution >= 4 is 22.7 Å². The molecular formula is C14H13F3N4. The van der Waals surface area contributed by atoms with Crippen molar-refractivity contribution in [1.29, 1.82) is 0 Å². The minimum atomic E-state index is -4.26. The quantitative estimate of drug-likeness (QED) is 0.822. The molecule has 110 valence electrons. The standard InChI is InChI=1S/C14H13F3N4/c15-14(16,17)9-5-7-21(8-6-9)13-12(18)19-10-3-1-2-4-11(10)20-13/h1-5H,6-8H2,(H2,18,19). The van der Waals surface area contributed by atoms with Gasteiger partial charge in [0.15, 0.2) is 11.6 Å². The van der Waals surface area contributed by atoms with E-state index in [1.165, 1.54) is 6.08 Å². The maximum Gasteiger partial charge on any atom is 0.412 e. The Morgan fingerprint density at radius 3 is 2.33 bits per heavy atom. The minimum Gasteiger partial charge on any atom is -0.381 e. The van der Waals surface area contributed by atoms with Gasteiger partial charge < -0.3 is 10.6 Å². The van der Waals surface area contributed by atoms with E-state index in [2.05, 4.69) is 9.97 Å². The van der Waals surface area contributed by atoms with Crippen LogP contribution in [-0.4, -0.2) is 29.2 Å². The topological polar surface area (TPSA) is 55.0 Å². The van der Waals surface area contributed by atoms with E-state index < -0.39 is 11.7 Å². The summed E-state index contributed by atoms with van der Waals surface area (Å²) in [5.74, 6) is 0.670. The van der Waals surface area contributed by atoms with E-state index in [0.29, 0.717) is 16.9 Å². The highest BCUT2D eigenvalue weighted by molar-refractivity contribution is 5.79. The molecule has 1 aromatic heterocycles. The summed E-state index contributed by atoms with van der Waals surface area (Å²) >= 11 is 0. The molecule has 1 aliphatic heterocycles. The third kappa shape index (κ3) is 2.63. The summed E-state index contributed by atoms with van der Waals surface area (Å²) in [7, 11) is 0. The summed E-state index contributed by atoms with van der Waals surface area (Å²) in [5.41, 5.74) is 6.73. The van der Waals surface area contributed by atoms with E-state index >= 15 is 0 Å². The van der Waals surface area contributed by atoms with Gasteiger partial charge in [-0.3, -0.25) is 0 Å². The van der Waals surface area contributed by atoms with Crippen molar-refractivity contribution in [1.82, 2.24) is 9.97 Å². The maximum atomic E-state index is 12.6. The highest BCUT2D eigenvalue weighted by Gasteiger charge is 2.35. The number of aromatic nitrogens is 2. The molecule has 2 aromatic rings. The van der Waals surface area contributed by atoms with E-state index in [1.54, 1.807) is 17.0 Å². The zero-order chi connectivity index (χ0) is 15.0. The van der Waals surface area contributed by atoms with Crippen LogP contribution in [0.5, 0.6) is 0 Å². The highest BCUT2D eigenvalue weighted by Crippen LogP contribution is 2.32. The number of para-hydroxylation sites is 2. The van der Waals surface area contributed by atoms with E-state index in [4.69, 9.17) is 5.73 Å². The lowest BCUT2D eigenvalue weighted by atomic mass is 10.1. The molecule has 0 atom stereocenters. The lowest BCUT2D eigenvalue weighted by molar-refractivity contribution is -0.0944. The predicted octanol–water partition coefficient (Wildman–Crippen LogP) is 2.91. The molecule has 2 heterocycles. The molecule has 1 aliphatic rings. The second-order valence-corrected chi connectivity index (χ2v) is 4.84. The van der Waals surface area contributed by atoms with Crippen LogP contribution in [0.2, 0.25) is 0 Å². The first-order valence-electron chi connectivity index (χ1n) is 6.48. The number of hydrogen-bond donors (Lipinski definition) is 1. The number of hydrogen-bond acceptors (Lipinski definition) is 4. The van der Waals surface area contributed by atoms with Crippen molar-refractivity contribution < 1.29 is 13.2 Å². The van der Waals surface area contributed by atoms with Gasteiger partial charge in [-0.1, -0.05) is 18.2 Å². The molecule has 2 N–H and O–H groups in total. The Morgan fingerprint density at radius 2 is 1.76 bits per heavy atom. The average Bonchev–Trinajstić information content (AvgIpc) is 2.46. The van der Waals surface area contributed by atoms with Crippen LogP contribution < -0.4 is 10.6 Å². The molecule has 0 fully saturated rings. The van der Waals surface area contributed by atoms with Crippen molar-refractivity contribution in [3.8, 4) is 0 Å². The van der Waals surface area contributed by atoms with Gasteiger partial charge in [-0.2, -0.15) is 13.2 Å². The summed E-state index contributed by atoms with van der Waals surface area (Å²) in [6.07, 6.45) is -3.15. The number of rotatable bonds is 1. The number of fused-ring (bicyclic) bond motifs is 1. The molecule has 0 amide bonds. The second kappa shape index (κ2) is 4.91. The molecule has 7 heteroatoms. The molecule has 1 aromatic carbocycles. The van der Waals surface area contributed by atoms with E-state index in [9.17, 15) is 13.2 Å². The van der Waals surface area contributed by atoms with Gasteiger partial charge in [0.05, 0.1) is 11.0 Å². The molecule has 0 unspecified atom stereocenters. The molecule has 4 nitrogen and oxygen atoms in total. The minimum absolute atomic E-state index is 0.0720. The Hall–Kier alpha value is -2.31. The fourth-order valence-electron chi connectivity index (χ4n) is 2.36. The first-order chi connectivity index (χ1) is 9.95. The van der Waals surface area contributed by atoms with E-state index in [1.807, 2.05) is 12.1 Å². The van der Waals surface area contributed by atoms with E-state index in [0.717, 1.165) is 0 Å². The van der Waals surface area contributed by atoms with Gasteiger partial charge in [0.1, 0.15) is 0 Å². The van der Waals surface area contributed by atoms with Gasteiger partial charge >= 0.3 is 6.18 Å². The van der Waals surface area contributed by atoms with Crippen LogP contribution in [0.3, 0.4) is 0 Å². The Balaban J connectivity index is 1.92. The van der Waals surface area contributed by atoms with Crippen LogP contribution in [0.25, 0.3) is 11.0 Å². The van der Waals surface area contributed by atoms with Crippen molar-refractivity contribution in [3.63, 3.8) is 0 Å². The van der Waals surface area contributed by atoms with Gasteiger partial charge in [0.2, 0.25) is 0 Å².